The molecule has 6 nitrogen and oxygen atoms in total. The number of nitrogens with zero attached hydrogens (tertiary/aromatic N) is 3. The Labute approximate surface area is 107 Å². The second-order valence-electron chi connectivity index (χ2n) is 3.93. The maximum Gasteiger partial charge on any atom is 0.323 e. The van der Waals surface area contributed by atoms with E-state index >= 15 is 0 Å². The number of rotatable bonds is 7. The molecule has 0 spiro atoms. The number of carbonyl (C=O) groups is 1. The van der Waals surface area contributed by atoms with Crippen LogP contribution < -0.4 is 4.90 Å². The maximum absolute atomic E-state index is 10.9. The molecule has 0 aliphatic carbocycles. The third-order valence-corrected chi connectivity index (χ3v) is 2.46. The van der Waals surface area contributed by atoms with E-state index in [1.54, 1.807) is 18.9 Å². The first kappa shape index (κ1) is 14.4. The van der Waals surface area contributed by atoms with Gasteiger partial charge in [0.2, 0.25) is 0 Å². The summed E-state index contributed by atoms with van der Waals surface area (Å²) in [6.45, 7) is 4.66. The molecule has 0 fully saturated rings. The lowest BCUT2D eigenvalue weighted by molar-refractivity contribution is -0.135. The Hall–Kier alpha value is -1.69. The van der Waals surface area contributed by atoms with E-state index in [9.17, 15) is 4.79 Å². The van der Waals surface area contributed by atoms with E-state index in [4.69, 9.17) is 9.84 Å². The normalized spacial score (nSPS) is 10.4. The highest BCUT2D eigenvalue weighted by Crippen LogP contribution is 2.13. The topological polar surface area (TPSA) is 75.5 Å². The molecule has 0 radical (unpaired) electrons. The summed E-state index contributed by atoms with van der Waals surface area (Å²) in [5, 5.41) is 8.91. The summed E-state index contributed by atoms with van der Waals surface area (Å²) >= 11 is 0. The van der Waals surface area contributed by atoms with Crippen LogP contribution >= 0.6 is 0 Å². The van der Waals surface area contributed by atoms with Gasteiger partial charge >= 0.3 is 5.97 Å². The summed E-state index contributed by atoms with van der Waals surface area (Å²) in [4.78, 5) is 21.1. The van der Waals surface area contributed by atoms with Crippen molar-refractivity contribution in [2.24, 2.45) is 0 Å². The fraction of sp³-hybridized carbons (Fsp3) is 0.583. The van der Waals surface area contributed by atoms with Crippen LogP contribution in [0, 0.1) is 6.92 Å². The molecule has 18 heavy (non-hydrogen) atoms. The fourth-order valence-corrected chi connectivity index (χ4v) is 1.59. The lowest BCUT2D eigenvalue weighted by Crippen LogP contribution is -2.33. The highest BCUT2D eigenvalue weighted by Gasteiger charge is 2.13. The minimum atomic E-state index is -0.889. The van der Waals surface area contributed by atoms with Crippen LogP contribution in [0.15, 0.2) is 6.07 Å². The highest BCUT2D eigenvalue weighted by atomic mass is 16.5. The first-order chi connectivity index (χ1) is 8.56. The zero-order valence-electron chi connectivity index (χ0n) is 11.0. The highest BCUT2D eigenvalue weighted by molar-refractivity contribution is 5.73. The molecule has 0 atom stereocenters. The molecule has 0 bridgehead atoms. The number of anilines is 1. The molecule has 0 aromatic carbocycles. The van der Waals surface area contributed by atoms with Gasteiger partial charge in [-0.3, -0.25) is 4.79 Å². The number of methoxy groups -OCH3 is 1. The van der Waals surface area contributed by atoms with E-state index in [1.165, 1.54) is 0 Å². The molecule has 0 amide bonds. The van der Waals surface area contributed by atoms with Crippen LogP contribution in [-0.2, 0) is 16.0 Å². The number of hydrogen-bond donors (Lipinski definition) is 1. The van der Waals surface area contributed by atoms with Gasteiger partial charge in [-0.15, -0.1) is 0 Å². The van der Waals surface area contributed by atoms with E-state index < -0.39 is 5.97 Å². The zero-order chi connectivity index (χ0) is 13.5. The molecule has 1 aromatic rings. The Kier molecular flexibility index (Phi) is 5.51. The Morgan fingerprint density at radius 1 is 1.50 bits per heavy atom. The van der Waals surface area contributed by atoms with Crippen LogP contribution in [0.3, 0.4) is 0 Å². The van der Waals surface area contributed by atoms with E-state index in [0.29, 0.717) is 24.8 Å². The van der Waals surface area contributed by atoms with Crippen molar-refractivity contribution >= 4 is 11.8 Å². The lowest BCUT2D eigenvalue weighted by Gasteiger charge is -2.22. The van der Waals surface area contributed by atoms with Crippen molar-refractivity contribution < 1.29 is 14.6 Å². The van der Waals surface area contributed by atoms with E-state index in [1.807, 2.05) is 13.0 Å². The summed E-state index contributed by atoms with van der Waals surface area (Å²) in [5.41, 5.74) is 0.908. The van der Waals surface area contributed by atoms with Crippen LogP contribution in [0.1, 0.15) is 18.4 Å². The Morgan fingerprint density at radius 3 is 2.78 bits per heavy atom. The average Bonchev–Trinajstić information content (AvgIpc) is 2.33. The van der Waals surface area contributed by atoms with Crippen LogP contribution in [0.2, 0.25) is 0 Å². The average molecular weight is 253 g/mol. The van der Waals surface area contributed by atoms with Gasteiger partial charge in [0, 0.05) is 25.4 Å². The van der Waals surface area contributed by atoms with Gasteiger partial charge in [-0.2, -0.15) is 0 Å². The van der Waals surface area contributed by atoms with Crippen molar-refractivity contribution in [3.63, 3.8) is 0 Å². The summed E-state index contributed by atoms with van der Waals surface area (Å²) in [6, 6.07) is 1.82. The fourth-order valence-electron chi connectivity index (χ4n) is 1.59. The first-order valence-corrected chi connectivity index (χ1v) is 5.87. The molecule has 0 unspecified atom stereocenters. The summed E-state index contributed by atoms with van der Waals surface area (Å²) in [6.07, 6.45) is 0.793. The standard InChI is InChI=1S/C12H19N3O3/c1-4-10-7-11(14-9(2)13-10)15(5-6-18-3)8-12(16)17/h7H,4-6,8H2,1-3H3,(H,16,17). The number of aliphatic carboxylic acids is 1. The minimum Gasteiger partial charge on any atom is -0.480 e. The quantitative estimate of drug-likeness (QED) is 0.777. The van der Waals surface area contributed by atoms with Crippen molar-refractivity contribution in [3.8, 4) is 0 Å². The Morgan fingerprint density at radius 2 is 2.22 bits per heavy atom. The lowest BCUT2D eigenvalue weighted by atomic mass is 10.3. The van der Waals surface area contributed by atoms with Crippen molar-refractivity contribution in [2.75, 3.05) is 31.7 Å². The molecule has 0 saturated carbocycles. The molecule has 100 valence electrons. The number of aryl methyl sites for hydroxylation is 2. The number of aromatic nitrogens is 2. The largest absolute Gasteiger partial charge is 0.480 e. The van der Waals surface area contributed by atoms with E-state index in [2.05, 4.69) is 9.97 Å². The summed E-state index contributed by atoms with van der Waals surface area (Å²) in [5.74, 6) is 0.399. The van der Waals surface area contributed by atoms with Gasteiger partial charge in [-0.25, -0.2) is 9.97 Å². The Bertz CT molecular complexity index is 410. The number of ether oxygens (including phenoxy) is 1. The molecule has 0 saturated heterocycles. The predicted octanol–water partition coefficient (Wildman–Crippen LogP) is 0.885. The number of carboxylic acid groups (broad SMARTS) is 1. The molecule has 0 aliphatic rings. The van der Waals surface area contributed by atoms with E-state index in [-0.39, 0.29) is 6.54 Å². The van der Waals surface area contributed by atoms with Gasteiger partial charge in [-0.05, 0) is 13.3 Å². The molecule has 1 N–H and O–H groups in total. The van der Waals surface area contributed by atoms with Gasteiger partial charge in [-0.1, -0.05) is 6.92 Å². The molecular weight excluding hydrogens is 234 g/mol. The minimum absolute atomic E-state index is 0.0943. The third-order valence-electron chi connectivity index (χ3n) is 2.46. The van der Waals surface area contributed by atoms with Gasteiger partial charge in [0.15, 0.2) is 0 Å². The van der Waals surface area contributed by atoms with Crippen molar-refractivity contribution in [3.05, 3.63) is 17.6 Å². The number of hydrogen-bond acceptors (Lipinski definition) is 5. The van der Waals surface area contributed by atoms with Gasteiger partial charge in [0.25, 0.3) is 0 Å². The van der Waals surface area contributed by atoms with Gasteiger partial charge < -0.3 is 14.7 Å². The van der Waals surface area contributed by atoms with Crippen LogP contribution in [0.5, 0.6) is 0 Å². The van der Waals surface area contributed by atoms with Crippen LogP contribution in [0.4, 0.5) is 5.82 Å². The zero-order valence-corrected chi connectivity index (χ0v) is 11.0. The van der Waals surface area contributed by atoms with Crippen molar-refractivity contribution in [1.82, 2.24) is 9.97 Å². The third kappa shape index (κ3) is 4.29. The smallest absolute Gasteiger partial charge is 0.323 e. The number of carboxylic acids is 1. The summed E-state index contributed by atoms with van der Waals surface area (Å²) < 4.78 is 4.98. The molecule has 1 aromatic heterocycles. The molecule has 6 heteroatoms. The van der Waals surface area contributed by atoms with Gasteiger partial charge in [0.1, 0.15) is 18.2 Å². The first-order valence-electron chi connectivity index (χ1n) is 5.87. The molecule has 1 rings (SSSR count). The van der Waals surface area contributed by atoms with E-state index in [0.717, 1.165) is 12.1 Å². The second kappa shape index (κ2) is 6.90. The van der Waals surface area contributed by atoms with Gasteiger partial charge in [0.05, 0.1) is 6.61 Å². The monoisotopic (exact) mass is 253 g/mol. The van der Waals surface area contributed by atoms with Crippen LogP contribution in [0.25, 0.3) is 0 Å². The van der Waals surface area contributed by atoms with Crippen molar-refractivity contribution in [2.45, 2.75) is 20.3 Å². The van der Waals surface area contributed by atoms with Crippen molar-refractivity contribution in [1.29, 1.82) is 0 Å². The molecular formula is C12H19N3O3. The maximum atomic E-state index is 10.9. The molecule has 1 heterocycles. The van der Waals surface area contributed by atoms with Crippen LogP contribution in [-0.4, -0.2) is 47.8 Å². The second-order valence-corrected chi connectivity index (χ2v) is 3.93. The predicted molar refractivity (Wildman–Crippen MR) is 67.9 cm³/mol. The Balaban J connectivity index is 2.95. The SMILES string of the molecule is CCc1cc(N(CCOC)CC(=O)O)nc(C)n1. The molecule has 0 aliphatic heterocycles. The summed E-state index contributed by atoms with van der Waals surface area (Å²) in [7, 11) is 1.58.